The fourth-order valence-electron chi connectivity index (χ4n) is 1.67. The number of esters is 2. The van der Waals surface area contributed by atoms with Crippen molar-refractivity contribution < 1.29 is 19.1 Å². The van der Waals surface area contributed by atoms with E-state index in [1.165, 1.54) is 12.1 Å². The van der Waals surface area contributed by atoms with Crippen molar-refractivity contribution in [2.24, 2.45) is 0 Å². The average Bonchev–Trinajstić information content (AvgIpc) is 2.55. The molecule has 0 bridgehead atoms. The molecule has 0 aliphatic carbocycles. The third-order valence-electron chi connectivity index (χ3n) is 2.71. The van der Waals surface area contributed by atoms with Gasteiger partial charge in [0.25, 0.3) is 0 Å². The predicted molar refractivity (Wildman–Crippen MR) is 77.0 cm³/mol. The molecular formula is C16H16N2O4. The molecule has 1 aromatic carbocycles. The molecule has 0 amide bonds. The maximum absolute atomic E-state index is 12.0. The number of hydrogen-bond acceptors (Lipinski definition) is 6. The van der Waals surface area contributed by atoms with E-state index in [9.17, 15) is 9.59 Å². The summed E-state index contributed by atoms with van der Waals surface area (Å²) in [7, 11) is 0. The molecule has 114 valence electrons. The fourth-order valence-corrected chi connectivity index (χ4v) is 1.67. The maximum Gasteiger partial charge on any atom is 0.339 e. The SMILES string of the molecule is CCCOC(=O)c1cc(C#N)c(C#N)cc1C(=O)OCCC. The molecule has 6 nitrogen and oxygen atoms in total. The summed E-state index contributed by atoms with van der Waals surface area (Å²) in [4.78, 5) is 24.1. The number of benzene rings is 1. The third-order valence-corrected chi connectivity index (χ3v) is 2.71. The second-order valence-corrected chi connectivity index (χ2v) is 4.44. The van der Waals surface area contributed by atoms with Gasteiger partial charge in [0.2, 0.25) is 0 Å². The smallest absolute Gasteiger partial charge is 0.339 e. The number of nitriles is 2. The van der Waals surface area contributed by atoms with Crippen LogP contribution in [0.5, 0.6) is 0 Å². The minimum Gasteiger partial charge on any atom is -0.462 e. The number of carbonyl (C=O) groups is 2. The van der Waals surface area contributed by atoms with E-state index in [-0.39, 0.29) is 35.5 Å². The molecule has 0 radical (unpaired) electrons. The minimum atomic E-state index is -0.716. The average molecular weight is 300 g/mol. The third kappa shape index (κ3) is 4.07. The van der Waals surface area contributed by atoms with E-state index in [1.54, 1.807) is 0 Å². The molecular weight excluding hydrogens is 284 g/mol. The molecule has 0 N–H and O–H groups in total. The summed E-state index contributed by atoms with van der Waals surface area (Å²) in [6, 6.07) is 6.04. The molecule has 0 saturated heterocycles. The van der Waals surface area contributed by atoms with Crippen LogP contribution in [0.3, 0.4) is 0 Å². The number of nitrogens with zero attached hydrogens (tertiary/aromatic N) is 2. The zero-order valence-corrected chi connectivity index (χ0v) is 12.5. The van der Waals surface area contributed by atoms with Gasteiger partial charge in [-0.15, -0.1) is 0 Å². The van der Waals surface area contributed by atoms with Gasteiger partial charge >= 0.3 is 11.9 Å². The van der Waals surface area contributed by atoms with E-state index in [0.717, 1.165) is 0 Å². The zero-order valence-electron chi connectivity index (χ0n) is 12.5. The summed E-state index contributed by atoms with van der Waals surface area (Å²) in [6.45, 7) is 4.07. The van der Waals surface area contributed by atoms with Crippen LogP contribution < -0.4 is 0 Å². The Balaban J connectivity index is 3.32. The van der Waals surface area contributed by atoms with E-state index < -0.39 is 11.9 Å². The molecule has 0 spiro atoms. The first kappa shape index (κ1) is 17.2. The predicted octanol–water partition coefficient (Wildman–Crippen LogP) is 2.56. The summed E-state index contributed by atoms with van der Waals surface area (Å²) >= 11 is 0. The van der Waals surface area contributed by atoms with Gasteiger partial charge in [-0.3, -0.25) is 0 Å². The lowest BCUT2D eigenvalue weighted by Gasteiger charge is -2.10. The zero-order chi connectivity index (χ0) is 16.5. The van der Waals surface area contributed by atoms with Crippen LogP contribution in [-0.2, 0) is 9.47 Å². The van der Waals surface area contributed by atoms with Crippen molar-refractivity contribution in [2.45, 2.75) is 26.7 Å². The first-order valence-electron chi connectivity index (χ1n) is 6.91. The first-order chi connectivity index (χ1) is 10.6. The van der Waals surface area contributed by atoms with E-state index in [0.29, 0.717) is 12.8 Å². The summed E-state index contributed by atoms with van der Waals surface area (Å²) in [5, 5.41) is 18.1. The Hall–Kier alpha value is -2.86. The van der Waals surface area contributed by atoms with Crippen LogP contribution in [0.4, 0.5) is 0 Å². The molecule has 6 heteroatoms. The van der Waals surface area contributed by atoms with Gasteiger partial charge < -0.3 is 9.47 Å². The molecule has 0 aliphatic heterocycles. The van der Waals surface area contributed by atoms with E-state index in [4.69, 9.17) is 20.0 Å². The van der Waals surface area contributed by atoms with Crippen molar-refractivity contribution in [3.63, 3.8) is 0 Å². The second kappa shape index (κ2) is 8.43. The first-order valence-corrected chi connectivity index (χ1v) is 6.91. The number of ether oxygens (including phenoxy) is 2. The van der Waals surface area contributed by atoms with E-state index in [1.807, 2.05) is 26.0 Å². The van der Waals surface area contributed by atoms with Gasteiger partial charge in [0.15, 0.2) is 0 Å². The van der Waals surface area contributed by atoms with Gasteiger partial charge in [0.1, 0.15) is 12.1 Å². The van der Waals surface area contributed by atoms with Gasteiger partial charge in [0, 0.05) is 0 Å². The Labute approximate surface area is 128 Å². The van der Waals surface area contributed by atoms with Gasteiger partial charge in [-0.05, 0) is 25.0 Å². The Kier molecular flexibility index (Phi) is 6.59. The normalized spacial score (nSPS) is 9.45. The Morgan fingerprint density at radius 1 is 0.909 bits per heavy atom. The summed E-state index contributed by atoms with van der Waals surface area (Å²) in [5.74, 6) is -1.43. The largest absolute Gasteiger partial charge is 0.462 e. The van der Waals surface area contributed by atoms with Gasteiger partial charge in [-0.1, -0.05) is 13.8 Å². The monoisotopic (exact) mass is 300 g/mol. The standard InChI is InChI=1S/C16H16N2O4/c1-3-5-21-15(19)13-7-11(9-17)12(10-18)8-14(13)16(20)22-6-4-2/h7-8H,3-6H2,1-2H3. The molecule has 22 heavy (non-hydrogen) atoms. The van der Waals surface area contributed by atoms with Crippen LogP contribution in [0.2, 0.25) is 0 Å². The van der Waals surface area contributed by atoms with Crippen molar-refractivity contribution in [1.82, 2.24) is 0 Å². The minimum absolute atomic E-state index is 0.0120. The highest BCUT2D eigenvalue weighted by molar-refractivity contribution is 6.03. The van der Waals surface area contributed by atoms with Gasteiger partial charge in [0.05, 0.1) is 35.5 Å². The summed E-state index contributed by atoms with van der Waals surface area (Å²) in [6.07, 6.45) is 1.26. The highest BCUT2D eigenvalue weighted by atomic mass is 16.5. The van der Waals surface area contributed by atoms with Crippen LogP contribution in [0.15, 0.2) is 12.1 Å². The quantitative estimate of drug-likeness (QED) is 0.748. The van der Waals surface area contributed by atoms with Gasteiger partial charge in [-0.2, -0.15) is 10.5 Å². The lowest BCUT2D eigenvalue weighted by Crippen LogP contribution is -2.16. The van der Waals surface area contributed by atoms with Crippen molar-refractivity contribution in [1.29, 1.82) is 10.5 Å². The lowest BCUT2D eigenvalue weighted by atomic mass is 9.99. The summed E-state index contributed by atoms with van der Waals surface area (Å²) < 4.78 is 10.0. The van der Waals surface area contributed by atoms with Crippen molar-refractivity contribution in [3.8, 4) is 12.1 Å². The van der Waals surface area contributed by atoms with E-state index >= 15 is 0 Å². The van der Waals surface area contributed by atoms with Crippen molar-refractivity contribution in [2.75, 3.05) is 13.2 Å². The lowest BCUT2D eigenvalue weighted by molar-refractivity contribution is 0.0458. The van der Waals surface area contributed by atoms with Crippen LogP contribution in [0.1, 0.15) is 58.5 Å². The topological polar surface area (TPSA) is 100 Å². The Morgan fingerprint density at radius 3 is 1.55 bits per heavy atom. The van der Waals surface area contributed by atoms with Crippen LogP contribution >= 0.6 is 0 Å². The van der Waals surface area contributed by atoms with E-state index in [2.05, 4.69) is 0 Å². The highest BCUT2D eigenvalue weighted by Gasteiger charge is 2.22. The molecule has 1 aromatic rings. The second-order valence-electron chi connectivity index (χ2n) is 4.44. The maximum atomic E-state index is 12.0. The number of rotatable bonds is 6. The Morgan fingerprint density at radius 2 is 1.27 bits per heavy atom. The van der Waals surface area contributed by atoms with Crippen molar-refractivity contribution >= 4 is 11.9 Å². The fraction of sp³-hybridized carbons (Fsp3) is 0.375. The molecule has 0 fully saturated rings. The molecule has 0 aromatic heterocycles. The highest BCUT2D eigenvalue weighted by Crippen LogP contribution is 2.19. The molecule has 1 rings (SSSR count). The van der Waals surface area contributed by atoms with Crippen LogP contribution in [0.25, 0.3) is 0 Å². The summed E-state index contributed by atoms with van der Waals surface area (Å²) in [5.41, 5.74) is -0.105. The van der Waals surface area contributed by atoms with Crippen molar-refractivity contribution in [3.05, 3.63) is 34.4 Å². The molecule has 0 aliphatic rings. The molecule has 0 unspecified atom stereocenters. The van der Waals surface area contributed by atoms with Crippen LogP contribution in [0, 0.1) is 22.7 Å². The molecule has 0 atom stereocenters. The number of hydrogen-bond donors (Lipinski definition) is 0. The number of carbonyl (C=O) groups excluding carboxylic acids is 2. The van der Waals surface area contributed by atoms with Gasteiger partial charge in [-0.25, -0.2) is 9.59 Å². The molecule has 0 heterocycles. The van der Waals surface area contributed by atoms with Crippen LogP contribution in [-0.4, -0.2) is 25.2 Å². The molecule has 0 saturated carbocycles. The Bertz CT molecular complexity index is 596.